The van der Waals surface area contributed by atoms with Gasteiger partial charge < -0.3 is 40.6 Å². The van der Waals surface area contributed by atoms with E-state index in [9.17, 15) is 67.1 Å². The normalized spacial score (nSPS) is 9.28. The van der Waals surface area contributed by atoms with E-state index in [1.165, 1.54) is 45.9 Å². The SMILES string of the molecule is C.C.C.C.C=C(C)C.CC.CCC(=O)Nc1nc(=O)n(CC)c(=O)n1PC.CCC(=O)Nc1nc(=O)n(CC)c(=O)n1PC.CCn1c(=O)nc(N)n(PC)c1=O.CCn1c(=O)nc(SC)n(PC)c1=O.N.[B].[B]I.[B][B].[CH2-]C(=O)Nc1nc(=O)n(CC)c(=O)n1PC.[CH2-]C(C)=O.[K+].[K+]. The van der Waals surface area contributed by atoms with Crippen molar-refractivity contribution in [3.63, 3.8) is 0 Å². The fourth-order valence-electron chi connectivity index (χ4n) is 5.77. The molecule has 5 heterocycles. The van der Waals surface area contributed by atoms with Crippen LogP contribution in [0.1, 0.15) is 126 Å². The Morgan fingerprint density at radius 2 is 0.687 bits per heavy atom. The Bertz CT molecular complexity index is 3670. The average molecular weight is 1670 g/mol. The van der Waals surface area contributed by atoms with E-state index < -0.39 is 51.4 Å². The molecule has 3 amide bonds. The Morgan fingerprint density at radius 1 is 0.485 bits per heavy atom. The minimum absolute atomic E-state index is 0. The molecule has 5 rings (SSSR count). The number of halogens is 1. The van der Waals surface area contributed by atoms with Gasteiger partial charge in [0.1, 0.15) is 0 Å². The minimum Gasteiger partial charge on any atom is -0.369 e. The molecular weight excluding hydrogens is 1560 g/mol. The van der Waals surface area contributed by atoms with Gasteiger partial charge in [-0.1, -0.05) is 74.7 Å². The molecule has 47 heteroatoms. The summed E-state index contributed by atoms with van der Waals surface area (Å²) in [6.45, 7) is 41.3. The van der Waals surface area contributed by atoms with E-state index in [-0.39, 0.29) is 267 Å². The molecule has 0 aliphatic rings. The van der Waals surface area contributed by atoms with Crippen LogP contribution >= 0.6 is 77.8 Å². The quantitative estimate of drug-likeness (QED) is 0.0168. The molecule has 9 radical (unpaired) electrons. The van der Waals surface area contributed by atoms with Gasteiger partial charge >= 0.3 is 160 Å². The van der Waals surface area contributed by atoms with Gasteiger partial charge in [0.25, 0.3) is 0 Å². The summed E-state index contributed by atoms with van der Waals surface area (Å²) in [5.74, 6) is -1.28. The number of nitrogens with one attached hydrogen (secondary N) is 3. The monoisotopic (exact) mass is 1670 g/mol. The predicted molar refractivity (Wildman–Crippen MR) is 425 cm³/mol. The maximum Gasteiger partial charge on any atom is 1.00 e. The second-order valence-corrected chi connectivity index (χ2v) is 21.2. The first-order chi connectivity index (χ1) is 42.8. The molecule has 0 spiro atoms. The minimum atomic E-state index is -0.675. The van der Waals surface area contributed by atoms with Crippen LogP contribution in [0.5, 0.6) is 0 Å². The van der Waals surface area contributed by atoms with E-state index >= 15 is 0 Å². The molecule has 5 aromatic heterocycles. The summed E-state index contributed by atoms with van der Waals surface area (Å²) < 4.78 is 11.8. The Labute approximate surface area is 699 Å². The first-order valence-corrected chi connectivity index (χ1v) is 36.6. The van der Waals surface area contributed by atoms with Crippen LogP contribution in [0.3, 0.4) is 0 Å². The molecule has 5 unspecified atom stereocenters. The third-order valence-corrected chi connectivity index (χ3v) is 14.7. The molecule has 0 aliphatic carbocycles. The fourth-order valence-corrected chi connectivity index (χ4v) is 9.78. The predicted octanol–water partition coefficient (Wildman–Crippen LogP) is -2.65. The van der Waals surface area contributed by atoms with Crippen molar-refractivity contribution in [1.29, 1.82) is 0 Å². The zero-order chi connectivity index (χ0) is 72.2. The number of amides is 3. The number of hydrogen-bond donors (Lipinski definition) is 5. The summed E-state index contributed by atoms with van der Waals surface area (Å²) in [6, 6.07) is 0. The number of nitrogen functional groups attached to an aromatic ring is 1. The number of carbonyl (C=O) groups excluding carboxylic acids is 4. The number of anilines is 4. The number of carbonyl (C=O) groups is 4. The van der Waals surface area contributed by atoms with Gasteiger partial charge in [-0.15, -0.1) is 6.58 Å². The summed E-state index contributed by atoms with van der Waals surface area (Å²) in [5, 5.41) is 7.65. The number of thioether (sulfide) groups is 1. The molecule has 0 saturated heterocycles. The first-order valence-electron chi connectivity index (χ1n) is 26.9. The van der Waals surface area contributed by atoms with Gasteiger partial charge in [0.15, 0.2) is 10.9 Å². The largest absolute Gasteiger partial charge is 1.00 e. The van der Waals surface area contributed by atoms with Crippen LogP contribution in [0.2, 0.25) is 0 Å². The van der Waals surface area contributed by atoms with Crippen LogP contribution in [0.15, 0.2) is 65.3 Å². The molecule has 8 N–H and O–H groups in total. The van der Waals surface area contributed by atoms with Crippen molar-refractivity contribution in [2.24, 2.45) is 0 Å². The average Bonchev–Trinajstić information content (AvgIpc) is 0.854. The van der Waals surface area contributed by atoms with Gasteiger partial charge in [-0.25, -0.2) is 88.1 Å². The third-order valence-electron chi connectivity index (χ3n) is 9.61. The molecule has 5 atom stereocenters. The maximum atomic E-state index is 11.9. The van der Waals surface area contributed by atoms with E-state index in [2.05, 4.69) is 82.5 Å². The zero-order valence-electron chi connectivity index (χ0n) is 57.9. The number of ketones is 1. The van der Waals surface area contributed by atoms with Crippen LogP contribution in [0, 0.1) is 13.8 Å². The summed E-state index contributed by atoms with van der Waals surface area (Å²) in [7, 11) is 8.72. The standard InChI is InChI=1S/2C9H15N4O3P.C8H12N4O3P.C7H12N3O2PS.C6H11N4O2P.C4H8.C3H5O.C2H6.4CH4.B2.BI.B.2K.H3N/c2*1-4-6(14)10-7-11-8(15)12(5-2)9(16)13(7)17-3;1-4-11-7(14)10-6(9-5(2)13)12(16-3)8(11)15;1-4-9-5(11)8-6(14-3)10(13-2)7(9)12;1-3-9-5(11)8-4(7)10(13-2)6(9)12;1-4(2)3;1-3(2)4;1-2;;;;;2*1-2;;;;/h2*17H,4-5H2,1-3H3,(H,10,11,14,15);16H,2,4H2,1,3H3,(H,9,10,13,14);13H,4H2,1-3H3;13H,3H2,1-2H3,(H2,7,8,11);1H2,2-3H3;1H2,2H3;1-2H3;4*1H4;;;;;;1H3/q;;-1;;;;-1;;;;;;;;;2*+1;. The van der Waals surface area contributed by atoms with Crippen LogP contribution in [0.25, 0.3) is 0 Å². The van der Waals surface area contributed by atoms with Crippen molar-refractivity contribution < 1.29 is 122 Å². The molecule has 99 heavy (non-hydrogen) atoms. The van der Waals surface area contributed by atoms with Crippen molar-refractivity contribution in [3.05, 3.63) is 131 Å². The first kappa shape index (κ1) is 126. The smallest absolute Gasteiger partial charge is 0.369 e. The Morgan fingerprint density at radius 3 is 0.889 bits per heavy atom. The van der Waals surface area contributed by atoms with Gasteiger partial charge in [-0.05, 0) is 144 Å². The number of rotatable bonds is 16. The van der Waals surface area contributed by atoms with Crippen molar-refractivity contribution in [3.8, 4) is 0 Å². The van der Waals surface area contributed by atoms with E-state index in [4.69, 9.17) is 5.73 Å². The number of hydrogen-bond acceptors (Lipinski definition) is 22. The molecule has 0 saturated carbocycles. The van der Waals surface area contributed by atoms with Crippen LogP contribution in [-0.4, -0.2) is 162 Å². The van der Waals surface area contributed by atoms with E-state index in [1.807, 2.05) is 34.4 Å². The molecule has 547 valence electrons. The number of aromatic nitrogens is 15. The molecule has 34 nitrogen and oxygen atoms in total. The van der Waals surface area contributed by atoms with Gasteiger partial charge in [-0.2, -0.15) is 47.3 Å². The van der Waals surface area contributed by atoms with Gasteiger partial charge in [0, 0.05) is 69.5 Å². The summed E-state index contributed by atoms with van der Waals surface area (Å²) >= 11 is 2.96. The Kier molecular flexibility index (Phi) is 91.7. The third kappa shape index (κ3) is 45.2. The van der Waals surface area contributed by atoms with Crippen molar-refractivity contribution in [1.82, 2.24) is 75.6 Å². The van der Waals surface area contributed by atoms with E-state index in [0.29, 0.717) is 27.0 Å². The van der Waals surface area contributed by atoms with E-state index in [1.54, 1.807) is 104 Å². The summed E-state index contributed by atoms with van der Waals surface area (Å²) in [5.41, 5.74) is 6.01. The number of allylic oxidation sites excluding steroid dienone is 1. The molecular formula is C52H103B4IK2N20O14P5S. The second-order valence-electron chi connectivity index (χ2n) is 16.0. The molecule has 0 aromatic carbocycles. The van der Waals surface area contributed by atoms with Gasteiger partial charge in [0.05, 0.1) is 5.91 Å². The second kappa shape index (κ2) is 72.1. The number of nitrogens with two attached hydrogens (primary N) is 1. The van der Waals surface area contributed by atoms with Crippen LogP contribution in [-0.2, 0) is 51.9 Å². The van der Waals surface area contributed by atoms with Gasteiger partial charge in [-0.3, -0.25) is 24.6 Å². The van der Waals surface area contributed by atoms with E-state index in [0.717, 1.165) is 22.8 Å². The topological polar surface area (TPSA) is 450 Å². The molecule has 5 aromatic rings. The maximum absolute atomic E-state index is 11.9. The Hall–Kier alpha value is -2.87. The molecule has 0 aliphatic heterocycles. The Balaban J connectivity index is -0.0000000795. The zero-order valence-corrected chi connectivity index (χ0v) is 72.1. The van der Waals surface area contributed by atoms with Crippen LogP contribution < -0.4 is 188 Å². The molecule has 0 fully saturated rings. The number of Topliss-reactive ketones (excluding diaryl/α,β-unsaturated/α-hetero) is 1. The van der Waals surface area contributed by atoms with Gasteiger partial charge in [0.2, 0.25) is 35.6 Å². The van der Waals surface area contributed by atoms with Crippen LogP contribution in [0.4, 0.5) is 23.8 Å². The fraction of sp³-hybridized carbons (Fsp3) is 0.558. The van der Waals surface area contributed by atoms with Crippen molar-refractivity contribution >= 4 is 155 Å². The molecule has 0 bridgehead atoms. The van der Waals surface area contributed by atoms with Crippen molar-refractivity contribution in [2.45, 2.75) is 164 Å². The summed E-state index contributed by atoms with van der Waals surface area (Å²) in [4.78, 5) is 177. The summed E-state index contributed by atoms with van der Waals surface area (Å²) in [6.07, 6.45) is 2.33. The number of nitrogens with zero attached hydrogens (tertiary/aromatic N) is 15. The van der Waals surface area contributed by atoms with Crippen molar-refractivity contribution in [2.75, 3.05) is 61.3 Å².